The van der Waals surface area contributed by atoms with Crippen molar-refractivity contribution in [2.24, 2.45) is 5.16 Å². The highest BCUT2D eigenvalue weighted by Crippen LogP contribution is 2.29. The number of Topliss-reactive ketones (excluding diaryl/α,β-unsaturated/α-hetero) is 1. The number of ketones is 1. The van der Waals surface area contributed by atoms with Crippen LogP contribution >= 0.6 is 11.6 Å². The first-order valence-corrected chi connectivity index (χ1v) is 14.0. The molecule has 1 aromatic heterocycles. The van der Waals surface area contributed by atoms with Crippen LogP contribution in [0, 0.1) is 0 Å². The van der Waals surface area contributed by atoms with Gasteiger partial charge in [0.25, 0.3) is 0 Å². The highest BCUT2D eigenvalue weighted by Gasteiger charge is 2.27. The second-order valence-corrected chi connectivity index (χ2v) is 9.58. The molecule has 0 aliphatic carbocycles. The lowest BCUT2D eigenvalue weighted by Crippen LogP contribution is -2.23. The SMILES string of the molecule is CC(=O)Oc1ccc(C(=O)CON=C(C(=O)OC(c2ccccc2)c2ccccc2)c2coc(NC(=O)CCl)n2)cc1OC(C)=O. The first-order chi connectivity index (χ1) is 22.1. The standard InChI is InChI=1S/C32H26ClN3O10/c1-19(37)44-26-14-13-23(15-27(26)45-20(2)38)25(39)18-43-36-29(24-17-42-32(34-24)35-28(40)16-33)31(41)46-30(21-9-5-3-6-10-21)22-11-7-4-8-12-22/h3-15,17,30H,16,18H2,1-2H3,(H,34,35,40). The fourth-order valence-corrected chi connectivity index (χ4v) is 3.99. The zero-order valence-electron chi connectivity index (χ0n) is 24.4. The molecule has 0 atom stereocenters. The topological polar surface area (TPSA) is 173 Å². The molecule has 0 fully saturated rings. The fourth-order valence-electron chi connectivity index (χ4n) is 3.92. The van der Waals surface area contributed by atoms with E-state index in [0.29, 0.717) is 11.1 Å². The van der Waals surface area contributed by atoms with E-state index in [4.69, 9.17) is 35.1 Å². The Morgan fingerprint density at radius 3 is 2.07 bits per heavy atom. The molecule has 0 spiro atoms. The number of carbonyl (C=O) groups is 5. The molecule has 0 bridgehead atoms. The van der Waals surface area contributed by atoms with Crippen molar-refractivity contribution in [1.82, 2.24) is 4.98 Å². The van der Waals surface area contributed by atoms with Crippen molar-refractivity contribution >= 4 is 52.9 Å². The van der Waals surface area contributed by atoms with Gasteiger partial charge in [-0.3, -0.25) is 24.5 Å². The second kappa shape index (κ2) is 15.8. The van der Waals surface area contributed by atoms with Gasteiger partial charge in [-0.05, 0) is 29.3 Å². The van der Waals surface area contributed by atoms with E-state index in [-0.39, 0.29) is 34.7 Å². The maximum absolute atomic E-state index is 13.6. The molecule has 0 aliphatic heterocycles. The molecule has 4 rings (SSSR count). The molecule has 0 saturated carbocycles. The third kappa shape index (κ3) is 9.09. The van der Waals surface area contributed by atoms with Crippen molar-refractivity contribution in [1.29, 1.82) is 0 Å². The molecule has 236 valence electrons. The van der Waals surface area contributed by atoms with E-state index >= 15 is 0 Å². The molecular formula is C32H26ClN3O10. The predicted octanol–water partition coefficient (Wildman–Crippen LogP) is 4.64. The van der Waals surface area contributed by atoms with E-state index in [1.165, 1.54) is 18.2 Å². The van der Waals surface area contributed by atoms with Gasteiger partial charge in [-0.25, -0.2) is 4.79 Å². The van der Waals surface area contributed by atoms with Crippen molar-refractivity contribution in [3.8, 4) is 11.5 Å². The summed E-state index contributed by atoms with van der Waals surface area (Å²) in [7, 11) is 0. The van der Waals surface area contributed by atoms with Crippen molar-refractivity contribution in [2.75, 3.05) is 17.8 Å². The molecule has 14 heteroatoms. The number of esters is 3. The monoisotopic (exact) mass is 647 g/mol. The minimum absolute atomic E-state index is 0.0206. The van der Waals surface area contributed by atoms with Crippen LogP contribution in [-0.4, -0.2) is 52.8 Å². The average molecular weight is 648 g/mol. The van der Waals surface area contributed by atoms with E-state index < -0.39 is 48.0 Å². The molecule has 3 aromatic carbocycles. The lowest BCUT2D eigenvalue weighted by Gasteiger charge is -2.19. The maximum Gasteiger partial charge on any atom is 0.363 e. The Hall–Kier alpha value is -5.82. The lowest BCUT2D eigenvalue weighted by atomic mass is 10.0. The Kier molecular flexibility index (Phi) is 11.3. The Labute approximate surface area is 267 Å². The average Bonchev–Trinajstić information content (AvgIpc) is 3.50. The molecule has 1 amide bonds. The van der Waals surface area contributed by atoms with Crippen LogP contribution in [-0.2, 0) is 28.8 Å². The van der Waals surface area contributed by atoms with E-state index in [0.717, 1.165) is 20.1 Å². The van der Waals surface area contributed by atoms with Gasteiger partial charge in [-0.1, -0.05) is 65.8 Å². The Morgan fingerprint density at radius 2 is 1.48 bits per heavy atom. The van der Waals surface area contributed by atoms with Crippen molar-refractivity contribution in [2.45, 2.75) is 20.0 Å². The summed E-state index contributed by atoms with van der Waals surface area (Å²) >= 11 is 5.53. The molecule has 0 aliphatic rings. The Morgan fingerprint density at radius 1 is 0.870 bits per heavy atom. The van der Waals surface area contributed by atoms with E-state index in [2.05, 4.69) is 15.5 Å². The summed E-state index contributed by atoms with van der Waals surface area (Å²) in [5, 5.41) is 6.16. The minimum Gasteiger partial charge on any atom is -0.448 e. The summed E-state index contributed by atoms with van der Waals surface area (Å²) in [6.45, 7) is 1.62. The summed E-state index contributed by atoms with van der Waals surface area (Å²) in [6, 6.07) is 21.4. The van der Waals surface area contributed by atoms with E-state index in [1.807, 2.05) is 12.1 Å². The molecule has 0 unspecified atom stereocenters. The van der Waals surface area contributed by atoms with Gasteiger partial charge in [0.05, 0.1) is 0 Å². The number of nitrogens with one attached hydrogen (secondary N) is 1. The van der Waals surface area contributed by atoms with E-state index in [9.17, 15) is 24.0 Å². The van der Waals surface area contributed by atoms with Crippen LogP contribution in [0.3, 0.4) is 0 Å². The highest BCUT2D eigenvalue weighted by molar-refractivity contribution is 6.42. The van der Waals surface area contributed by atoms with Crippen LogP contribution < -0.4 is 14.8 Å². The minimum atomic E-state index is -0.989. The number of amides is 1. The predicted molar refractivity (Wildman–Crippen MR) is 163 cm³/mol. The molecule has 1 N–H and O–H groups in total. The number of oxime groups is 1. The number of hydrogen-bond donors (Lipinski definition) is 1. The van der Waals surface area contributed by atoms with Gasteiger partial charge in [0.15, 0.2) is 24.2 Å². The summed E-state index contributed by atoms with van der Waals surface area (Å²) in [6.07, 6.45) is 0.174. The van der Waals surface area contributed by atoms with Gasteiger partial charge >= 0.3 is 23.9 Å². The normalized spacial score (nSPS) is 11.0. The first-order valence-electron chi connectivity index (χ1n) is 13.5. The highest BCUT2D eigenvalue weighted by atomic mass is 35.5. The van der Waals surface area contributed by atoms with Crippen LogP contribution in [0.5, 0.6) is 11.5 Å². The number of nitrogens with zero attached hydrogens (tertiary/aromatic N) is 2. The largest absolute Gasteiger partial charge is 0.448 e. The Bertz CT molecular complexity index is 1720. The third-order valence-corrected chi connectivity index (χ3v) is 6.10. The van der Waals surface area contributed by atoms with Crippen LogP contribution in [0.25, 0.3) is 0 Å². The van der Waals surface area contributed by atoms with Crippen LogP contribution in [0.4, 0.5) is 6.01 Å². The number of anilines is 1. The number of oxazole rings is 1. The van der Waals surface area contributed by atoms with Crippen molar-refractivity contribution in [3.63, 3.8) is 0 Å². The van der Waals surface area contributed by atoms with Gasteiger partial charge < -0.3 is 23.5 Å². The second-order valence-electron chi connectivity index (χ2n) is 9.31. The van der Waals surface area contributed by atoms with Crippen molar-refractivity contribution < 1.29 is 47.4 Å². The summed E-state index contributed by atoms with van der Waals surface area (Å²) < 4.78 is 21.2. The number of benzene rings is 3. The maximum atomic E-state index is 13.6. The quantitative estimate of drug-likeness (QED) is 0.0535. The van der Waals surface area contributed by atoms with Crippen LogP contribution in [0.1, 0.15) is 47.1 Å². The van der Waals surface area contributed by atoms with Crippen LogP contribution in [0.15, 0.2) is 94.7 Å². The number of alkyl halides is 1. The summed E-state index contributed by atoms with van der Waals surface area (Å²) in [5.74, 6) is -4.22. The molecule has 13 nitrogen and oxygen atoms in total. The summed E-state index contributed by atoms with van der Waals surface area (Å²) in [5.41, 5.74) is 0.685. The van der Waals surface area contributed by atoms with Gasteiger partial charge in [0, 0.05) is 19.4 Å². The number of halogens is 1. The molecule has 1 heterocycles. The summed E-state index contributed by atoms with van der Waals surface area (Å²) in [4.78, 5) is 70.5. The van der Waals surface area contributed by atoms with E-state index in [1.54, 1.807) is 48.5 Å². The molecule has 0 saturated heterocycles. The lowest BCUT2D eigenvalue weighted by molar-refractivity contribution is -0.139. The van der Waals surface area contributed by atoms with Crippen molar-refractivity contribution in [3.05, 3.63) is 108 Å². The smallest absolute Gasteiger partial charge is 0.363 e. The molecule has 4 aromatic rings. The molecular weight excluding hydrogens is 622 g/mol. The van der Waals surface area contributed by atoms with Gasteiger partial charge in [0.2, 0.25) is 17.4 Å². The zero-order valence-corrected chi connectivity index (χ0v) is 25.2. The number of aromatic nitrogens is 1. The third-order valence-electron chi connectivity index (χ3n) is 5.86. The van der Waals surface area contributed by atoms with Gasteiger partial charge in [0.1, 0.15) is 17.8 Å². The number of hydrogen-bond acceptors (Lipinski definition) is 12. The molecule has 46 heavy (non-hydrogen) atoms. The molecule has 0 radical (unpaired) electrons. The van der Waals surface area contributed by atoms with Gasteiger partial charge in [-0.15, -0.1) is 11.6 Å². The van der Waals surface area contributed by atoms with Crippen LogP contribution in [0.2, 0.25) is 0 Å². The van der Waals surface area contributed by atoms with Gasteiger partial charge in [-0.2, -0.15) is 4.98 Å². The number of carbonyl (C=O) groups excluding carboxylic acids is 5. The number of rotatable bonds is 13. The zero-order chi connectivity index (χ0) is 33.1. The fraction of sp³-hybridized carbons (Fsp3) is 0.156. The Balaban J connectivity index is 1.61. The first kappa shape index (κ1) is 33.1. The number of ether oxygens (including phenoxy) is 3.